The fraction of sp³-hybridized carbons (Fsp3) is 0.208. The van der Waals surface area contributed by atoms with Crippen LogP contribution in [0, 0.1) is 5.82 Å². The van der Waals surface area contributed by atoms with Crippen molar-refractivity contribution in [3.05, 3.63) is 94.3 Å². The first-order valence-electron chi connectivity index (χ1n) is 9.87. The van der Waals surface area contributed by atoms with Crippen LogP contribution in [0.4, 0.5) is 4.39 Å². The molecule has 0 N–H and O–H groups in total. The first-order chi connectivity index (χ1) is 14.2. The lowest BCUT2D eigenvalue weighted by Gasteiger charge is -2.37. The quantitative estimate of drug-likeness (QED) is 0.558. The molecule has 0 bridgehead atoms. The topological polar surface area (TPSA) is 18.8 Å². The summed E-state index contributed by atoms with van der Waals surface area (Å²) in [6.07, 6.45) is 1.54. The van der Waals surface area contributed by atoms with E-state index in [2.05, 4.69) is 58.5 Å². The molecule has 2 aliphatic rings. The molecule has 0 unspecified atom stereocenters. The second-order valence-corrected chi connectivity index (χ2v) is 7.85. The van der Waals surface area contributed by atoms with E-state index in [4.69, 9.17) is 11.6 Å². The summed E-state index contributed by atoms with van der Waals surface area (Å²) in [5.41, 5.74) is 5.77. The minimum Gasteiger partial charge on any atom is -0.294 e. The van der Waals surface area contributed by atoms with E-state index in [1.807, 2.05) is 5.01 Å². The molecule has 146 valence electrons. The largest absolute Gasteiger partial charge is 0.294 e. The Bertz CT molecular complexity index is 1010. The van der Waals surface area contributed by atoms with Crippen molar-refractivity contribution in [3.8, 4) is 11.1 Å². The van der Waals surface area contributed by atoms with Crippen LogP contribution < -0.4 is 0 Å². The molecule has 0 amide bonds. The van der Waals surface area contributed by atoms with E-state index in [1.165, 1.54) is 34.5 Å². The van der Waals surface area contributed by atoms with Crippen LogP contribution in [-0.4, -0.2) is 42.3 Å². The first kappa shape index (κ1) is 18.3. The third-order valence-corrected chi connectivity index (χ3v) is 6.14. The van der Waals surface area contributed by atoms with Crippen molar-refractivity contribution in [1.29, 1.82) is 0 Å². The zero-order valence-electron chi connectivity index (χ0n) is 15.9. The molecule has 29 heavy (non-hydrogen) atoms. The Morgan fingerprint density at radius 3 is 2.07 bits per heavy atom. The lowest BCUT2D eigenvalue weighted by atomic mass is 10.0. The van der Waals surface area contributed by atoms with Crippen molar-refractivity contribution in [1.82, 2.24) is 9.91 Å². The predicted octanol–water partition coefficient (Wildman–Crippen LogP) is 5.20. The third kappa shape index (κ3) is 3.33. The van der Waals surface area contributed by atoms with Crippen LogP contribution in [0.15, 0.2) is 71.8 Å². The van der Waals surface area contributed by atoms with Gasteiger partial charge < -0.3 is 0 Å². The van der Waals surface area contributed by atoms with Crippen molar-refractivity contribution >= 4 is 17.8 Å². The Morgan fingerprint density at radius 1 is 0.828 bits per heavy atom. The van der Waals surface area contributed by atoms with Gasteiger partial charge in [-0.15, -0.1) is 0 Å². The van der Waals surface area contributed by atoms with Gasteiger partial charge in [-0.3, -0.25) is 9.91 Å². The highest BCUT2D eigenvalue weighted by molar-refractivity contribution is 6.33. The summed E-state index contributed by atoms with van der Waals surface area (Å²) >= 11 is 6.09. The van der Waals surface area contributed by atoms with Gasteiger partial charge in [0.1, 0.15) is 5.82 Å². The van der Waals surface area contributed by atoms with E-state index >= 15 is 0 Å². The van der Waals surface area contributed by atoms with Crippen LogP contribution in [0.1, 0.15) is 22.7 Å². The van der Waals surface area contributed by atoms with Crippen LogP contribution >= 0.6 is 11.6 Å². The minimum atomic E-state index is -0.348. The van der Waals surface area contributed by atoms with E-state index in [9.17, 15) is 4.39 Å². The van der Waals surface area contributed by atoms with Crippen LogP contribution in [-0.2, 0) is 0 Å². The van der Waals surface area contributed by atoms with Gasteiger partial charge in [0.05, 0.1) is 17.3 Å². The lowest BCUT2D eigenvalue weighted by molar-refractivity contribution is 0.114. The number of rotatable bonds is 3. The number of hydrogen-bond donors (Lipinski definition) is 0. The summed E-state index contributed by atoms with van der Waals surface area (Å²) in [6, 6.07) is 22.3. The fourth-order valence-electron chi connectivity index (χ4n) is 4.38. The van der Waals surface area contributed by atoms with Crippen LogP contribution in [0.3, 0.4) is 0 Å². The number of piperazine rings is 1. The third-order valence-electron chi connectivity index (χ3n) is 5.81. The highest BCUT2D eigenvalue weighted by Crippen LogP contribution is 2.46. The van der Waals surface area contributed by atoms with Crippen molar-refractivity contribution in [2.75, 3.05) is 26.2 Å². The molecule has 5 heteroatoms. The van der Waals surface area contributed by atoms with Gasteiger partial charge in [0.25, 0.3) is 0 Å². The van der Waals surface area contributed by atoms with Gasteiger partial charge in [-0.1, -0.05) is 66.2 Å². The SMILES string of the molecule is Fc1cccc(Cl)c1/C=N/N1CCN(C2c3ccccc3-c3ccccc32)CC1. The summed E-state index contributed by atoms with van der Waals surface area (Å²) in [7, 11) is 0. The van der Waals surface area contributed by atoms with Crippen LogP contribution in [0.25, 0.3) is 11.1 Å². The maximum Gasteiger partial charge on any atom is 0.133 e. The monoisotopic (exact) mass is 405 g/mol. The Balaban J connectivity index is 1.33. The molecule has 1 heterocycles. The molecule has 1 fully saturated rings. The van der Waals surface area contributed by atoms with Gasteiger partial charge in [-0.25, -0.2) is 4.39 Å². The molecule has 3 nitrogen and oxygen atoms in total. The van der Waals surface area contributed by atoms with Crippen LogP contribution in [0.2, 0.25) is 5.02 Å². The fourth-order valence-corrected chi connectivity index (χ4v) is 4.59. The predicted molar refractivity (Wildman–Crippen MR) is 116 cm³/mol. The van der Waals surface area contributed by atoms with Gasteiger partial charge in [0.15, 0.2) is 0 Å². The summed E-state index contributed by atoms with van der Waals surface area (Å²) in [6.45, 7) is 3.39. The number of nitrogens with zero attached hydrogens (tertiary/aromatic N) is 3. The van der Waals surface area contributed by atoms with Crippen LogP contribution in [0.5, 0.6) is 0 Å². The zero-order chi connectivity index (χ0) is 19.8. The molecule has 1 aliphatic carbocycles. The average molecular weight is 406 g/mol. The molecule has 0 aromatic heterocycles. The van der Waals surface area contributed by atoms with Gasteiger partial charge in [-0.2, -0.15) is 5.10 Å². The summed E-state index contributed by atoms with van der Waals surface area (Å²) in [4.78, 5) is 2.52. The lowest BCUT2D eigenvalue weighted by Crippen LogP contribution is -2.45. The molecule has 0 spiro atoms. The van der Waals surface area contributed by atoms with Crippen molar-refractivity contribution < 1.29 is 4.39 Å². The number of hydrazone groups is 1. The molecule has 1 aliphatic heterocycles. The second kappa shape index (κ2) is 7.62. The summed E-state index contributed by atoms with van der Waals surface area (Å²) < 4.78 is 14.0. The van der Waals surface area contributed by atoms with Crippen molar-refractivity contribution in [2.45, 2.75) is 6.04 Å². The van der Waals surface area contributed by atoms with Gasteiger partial charge in [0, 0.05) is 31.7 Å². The average Bonchev–Trinajstić information content (AvgIpc) is 3.08. The van der Waals surface area contributed by atoms with E-state index in [0.29, 0.717) is 10.6 Å². The van der Waals surface area contributed by atoms with E-state index in [0.717, 1.165) is 26.2 Å². The Labute approximate surface area is 175 Å². The minimum absolute atomic E-state index is 0.287. The number of benzene rings is 3. The molecule has 3 aromatic rings. The molecule has 1 saturated heterocycles. The maximum absolute atomic E-state index is 14.0. The second-order valence-electron chi connectivity index (χ2n) is 7.45. The highest BCUT2D eigenvalue weighted by atomic mass is 35.5. The first-order valence-corrected chi connectivity index (χ1v) is 10.3. The number of hydrogen-bond acceptors (Lipinski definition) is 3. The summed E-state index contributed by atoms with van der Waals surface area (Å²) in [5, 5.41) is 6.86. The smallest absolute Gasteiger partial charge is 0.133 e. The Hall–Kier alpha value is -2.69. The molecular weight excluding hydrogens is 385 g/mol. The molecule has 0 atom stereocenters. The number of fused-ring (bicyclic) bond motifs is 3. The van der Waals surface area contributed by atoms with Gasteiger partial charge in [0.2, 0.25) is 0 Å². The standard InChI is InChI=1S/C24H21ClFN3/c25-22-10-5-11-23(26)21(22)16-27-29-14-12-28(13-15-29)24-19-8-3-1-6-17(19)18-7-2-4-9-20(18)24/h1-11,16,24H,12-15H2/b27-16+. The van der Waals surface area contributed by atoms with E-state index < -0.39 is 0 Å². The molecule has 5 rings (SSSR count). The van der Waals surface area contributed by atoms with E-state index in [-0.39, 0.29) is 11.9 Å². The van der Waals surface area contributed by atoms with Gasteiger partial charge in [-0.05, 0) is 34.4 Å². The van der Waals surface area contributed by atoms with Crippen molar-refractivity contribution in [3.63, 3.8) is 0 Å². The maximum atomic E-state index is 14.0. The highest BCUT2D eigenvalue weighted by Gasteiger charge is 2.33. The molecular formula is C24H21ClFN3. The zero-order valence-corrected chi connectivity index (χ0v) is 16.7. The molecule has 0 saturated carbocycles. The Morgan fingerprint density at radius 2 is 1.45 bits per heavy atom. The molecule has 3 aromatic carbocycles. The van der Waals surface area contributed by atoms with E-state index in [1.54, 1.807) is 12.1 Å². The van der Waals surface area contributed by atoms with Gasteiger partial charge >= 0.3 is 0 Å². The Kier molecular flexibility index (Phi) is 4.82. The summed E-state index contributed by atoms with van der Waals surface area (Å²) in [5.74, 6) is -0.348. The van der Waals surface area contributed by atoms with Crippen molar-refractivity contribution in [2.24, 2.45) is 5.10 Å². The molecule has 0 radical (unpaired) electrons. The normalized spacial score (nSPS) is 17.0. The number of halogens is 2.